The normalized spacial score (nSPS) is 10.7. The van der Waals surface area contributed by atoms with E-state index in [2.05, 4.69) is 15.3 Å². The molecular formula is C19H19ClN5O-. The van der Waals surface area contributed by atoms with Crippen LogP contribution in [0, 0.1) is 6.92 Å². The summed E-state index contributed by atoms with van der Waals surface area (Å²) in [5.41, 5.74) is 4.16. The van der Waals surface area contributed by atoms with E-state index in [1.807, 2.05) is 73.3 Å². The second-order valence-corrected chi connectivity index (χ2v) is 5.99. The summed E-state index contributed by atoms with van der Waals surface area (Å²) in [6.07, 6.45) is 0. The first-order valence-corrected chi connectivity index (χ1v) is 8.16. The molecule has 0 fully saturated rings. The Labute approximate surface area is 156 Å². The summed E-state index contributed by atoms with van der Waals surface area (Å²) in [4.78, 5) is 20.7. The number of benzene rings is 2. The van der Waals surface area contributed by atoms with Gasteiger partial charge in [-0.2, -0.15) is 0 Å². The second-order valence-electron chi connectivity index (χ2n) is 5.99. The SMILES string of the molecule is Cc1c(NCc2nc3ccccc3[nH]2)c(=O)n(-c2ccccc2)n1C.[Cl-]. The average molecular weight is 369 g/mol. The zero-order chi connectivity index (χ0) is 17.4. The number of hydrogen-bond donors (Lipinski definition) is 2. The van der Waals surface area contributed by atoms with Gasteiger partial charge in [0.2, 0.25) is 0 Å². The minimum atomic E-state index is -0.0673. The third-order valence-corrected chi connectivity index (χ3v) is 4.43. The van der Waals surface area contributed by atoms with Gasteiger partial charge < -0.3 is 22.7 Å². The fourth-order valence-electron chi connectivity index (χ4n) is 3.03. The van der Waals surface area contributed by atoms with E-state index in [1.165, 1.54) is 0 Å². The number of aromatic amines is 1. The number of rotatable bonds is 4. The van der Waals surface area contributed by atoms with Gasteiger partial charge in [0.05, 0.1) is 29.0 Å². The van der Waals surface area contributed by atoms with Crippen LogP contribution in [0.4, 0.5) is 5.69 Å². The van der Waals surface area contributed by atoms with Gasteiger partial charge in [0.25, 0.3) is 5.56 Å². The van der Waals surface area contributed by atoms with Gasteiger partial charge in [-0.3, -0.25) is 9.48 Å². The Morgan fingerprint density at radius 2 is 1.77 bits per heavy atom. The molecule has 2 heterocycles. The lowest BCUT2D eigenvalue weighted by Gasteiger charge is -2.07. The number of halogens is 1. The van der Waals surface area contributed by atoms with Gasteiger partial charge in [-0.15, -0.1) is 0 Å². The number of anilines is 1. The van der Waals surface area contributed by atoms with Crippen molar-refractivity contribution in [3.63, 3.8) is 0 Å². The van der Waals surface area contributed by atoms with E-state index in [0.717, 1.165) is 28.2 Å². The lowest BCUT2D eigenvalue weighted by molar-refractivity contribution is -0.00000534. The maximum Gasteiger partial charge on any atom is 0.295 e. The first kappa shape index (κ1) is 17.8. The standard InChI is InChI=1S/C19H19N5O.ClH/c1-13-18(19(25)24(23(13)2)14-8-4-3-5-9-14)20-12-17-21-15-10-6-7-11-16(15)22-17;/h3-11,20H,12H2,1-2H3,(H,21,22);1H/p-1. The Kier molecular flexibility index (Phi) is 4.86. The number of nitrogens with zero attached hydrogens (tertiary/aromatic N) is 3. The third kappa shape index (κ3) is 2.99. The summed E-state index contributed by atoms with van der Waals surface area (Å²) in [5.74, 6) is 0.801. The van der Waals surface area contributed by atoms with Crippen molar-refractivity contribution in [2.24, 2.45) is 7.05 Å². The van der Waals surface area contributed by atoms with Gasteiger partial charge >= 0.3 is 0 Å². The molecule has 26 heavy (non-hydrogen) atoms. The van der Waals surface area contributed by atoms with Crippen LogP contribution < -0.4 is 23.3 Å². The van der Waals surface area contributed by atoms with Crippen molar-refractivity contribution < 1.29 is 12.4 Å². The Morgan fingerprint density at radius 3 is 2.50 bits per heavy atom. The molecule has 2 N–H and O–H groups in total. The van der Waals surface area contributed by atoms with Crippen molar-refractivity contribution >= 4 is 16.7 Å². The topological polar surface area (TPSA) is 67.6 Å². The van der Waals surface area contributed by atoms with Crippen LogP contribution in [0.2, 0.25) is 0 Å². The fourth-order valence-corrected chi connectivity index (χ4v) is 3.03. The predicted molar refractivity (Wildman–Crippen MR) is 99.2 cm³/mol. The number of imidazole rings is 1. The van der Waals surface area contributed by atoms with Gasteiger partial charge in [-0.1, -0.05) is 30.3 Å². The molecule has 4 aromatic rings. The van der Waals surface area contributed by atoms with Gasteiger partial charge in [0.1, 0.15) is 11.5 Å². The second kappa shape index (κ2) is 7.09. The summed E-state index contributed by atoms with van der Waals surface area (Å²) in [6, 6.07) is 17.5. The molecule has 6 nitrogen and oxygen atoms in total. The number of nitrogens with one attached hydrogen (secondary N) is 2. The third-order valence-electron chi connectivity index (χ3n) is 4.43. The number of aromatic nitrogens is 4. The smallest absolute Gasteiger partial charge is 0.295 e. The van der Waals surface area contributed by atoms with Crippen molar-refractivity contribution in [1.82, 2.24) is 19.3 Å². The number of H-pyrrole nitrogens is 1. The number of fused-ring (bicyclic) bond motifs is 1. The lowest BCUT2D eigenvalue weighted by atomic mass is 10.3. The van der Waals surface area contributed by atoms with Crippen LogP contribution in [0.25, 0.3) is 16.7 Å². The van der Waals surface area contributed by atoms with Crippen molar-refractivity contribution in [2.75, 3.05) is 5.32 Å². The van der Waals surface area contributed by atoms with Crippen LogP contribution in [0.5, 0.6) is 0 Å². The molecule has 0 saturated carbocycles. The predicted octanol–water partition coefficient (Wildman–Crippen LogP) is -0.0232. The molecule has 2 aromatic heterocycles. The molecule has 0 atom stereocenters. The van der Waals surface area contributed by atoms with Crippen molar-refractivity contribution in [3.8, 4) is 5.69 Å². The van der Waals surface area contributed by atoms with Gasteiger partial charge in [-0.25, -0.2) is 9.67 Å². The van der Waals surface area contributed by atoms with Gasteiger partial charge in [-0.05, 0) is 31.2 Å². The van der Waals surface area contributed by atoms with Crippen LogP contribution in [0.3, 0.4) is 0 Å². The molecule has 0 amide bonds. The molecule has 0 bridgehead atoms. The summed E-state index contributed by atoms with van der Waals surface area (Å²) in [6.45, 7) is 2.39. The Bertz CT molecular complexity index is 1060. The monoisotopic (exact) mass is 368 g/mol. The Hall–Kier alpha value is -2.99. The summed E-state index contributed by atoms with van der Waals surface area (Å²) < 4.78 is 3.52. The zero-order valence-corrected chi connectivity index (χ0v) is 15.3. The summed E-state index contributed by atoms with van der Waals surface area (Å²) in [7, 11) is 1.89. The maximum atomic E-state index is 12.9. The van der Waals surface area contributed by atoms with Crippen LogP contribution in [0.15, 0.2) is 59.4 Å². The molecular weight excluding hydrogens is 350 g/mol. The largest absolute Gasteiger partial charge is 1.00 e. The molecule has 0 unspecified atom stereocenters. The molecule has 0 radical (unpaired) electrons. The molecule has 2 aromatic carbocycles. The zero-order valence-electron chi connectivity index (χ0n) is 14.5. The highest BCUT2D eigenvalue weighted by Gasteiger charge is 2.16. The molecule has 0 spiro atoms. The molecule has 0 saturated heterocycles. The van der Waals surface area contributed by atoms with E-state index in [9.17, 15) is 4.79 Å². The average Bonchev–Trinajstić information content (AvgIpc) is 3.13. The van der Waals surface area contributed by atoms with Crippen LogP contribution >= 0.6 is 0 Å². The number of hydrogen-bond acceptors (Lipinski definition) is 3. The molecule has 7 heteroatoms. The maximum absolute atomic E-state index is 12.9. The highest BCUT2D eigenvalue weighted by atomic mass is 35.5. The first-order valence-electron chi connectivity index (χ1n) is 8.16. The molecule has 0 aliphatic rings. The minimum absolute atomic E-state index is 0. The van der Waals surface area contributed by atoms with Gasteiger partial charge in [0.15, 0.2) is 0 Å². The van der Waals surface area contributed by atoms with E-state index >= 15 is 0 Å². The van der Waals surface area contributed by atoms with E-state index in [4.69, 9.17) is 0 Å². The first-order chi connectivity index (χ1) is 12.1. The summed E-state index contributed by atoms with van der Waals surface area (Å²) in [5, 5.41) is 3.24. The lowest BCUT2D eigenvalue weighted by Crippen LogP contribution is -3.00. The molecule has 0 aliphatic heterocycles. The summed E-state index contributed by atoms with van der Waals surface area (Å²) >= 11 is 0. The van der Waals surface area contributed by atoms with Crippen LogP contribution in [-0.4, -0.2) is 19.3 Å². The minimum Gasteiger partial charge on any atom is -1.00 e. The van der Waals surface area contributed by atoms with Crippen molar-refractivity contribution in [3.05, 3.63) is 76.5 Å². The number of para-hydroxylation sites is 3. The van der Waals surface area contributed by atoms with Crippen LogP contribution in [-0.2, 0) is 13.6 Å². The van der Waals surface area contributed by atoms with Gasteiger partial charge in [0, 0.05) is 7.05 Å². The van der Waals surface area contributed by atoms with Crippen LogP contribution in [0.1, 0.15) is 11.5 Å². The molecule has 0 aliphatic carbocycles. The quantitative estimate of drug-likeness (QED) is 0.532. The van der Waals surface area contributed by atoms with E-state index in [1.54, 1.807) is 4.68 Å². The Balaban J connectivity index is 0.00000196. The Morgan fingerprint density at radius 1 is 1.08 bits per heavy atom. The van der Waals surface area contributed by atoms with E-state index in [0.29, 0.717) is 12.2 Å². The molecule has 4 rings (SSSR count). The fraction of sp³-hybridized carbons (Fsp3) is 0.158. The molecule has 134 valence electrons. The van der Waals surface area contributed by atoms with E-state index in [-0.39, 0.29) is 18.0 Å². The highest BCUT2D eigenvalue weighted by molar-refractivity contribution is 5.74. The van der Waals surface area contributed by atoms with E-state index < -0.39 is 0 Å². The van der Waals surface area contributed by atoms with Crippen molar-refractivity contribution in [2.45, 2.75) is 13.5 Å². The highest BCUT2D eigenvalue weighted by Crippen LogP contribution is 2.15. The van der Waals surface area contributed by atoms with Crippen molar-refractivity contribution in [1.29, 1.82) is 0 Å².